The van der Waals surface area contributed by atoms with Crippen LogP contribution < -0.4 is 5.32 Å². The van der Waals surface area contributed by atoms with Crippen molar-refractivity contribution in [3.63, 3.8) is 0 Å². The van der Waals surface area contributed by atoms with E-state index in [2.05, 4.69) is 43.7 Å². The molecule has 2 unspecified atom stereocenters. The van der Waals surface area contributed by atoms with Crippen LogP contribution in [-0.4, -0.2) is 35.5 Å². The van der Waals surface area contributed by atoms with Crippen molar-refractivity contribution in [2.24, 2.45) is 0 Å². The molecule has 0 aromatic carbocycles. The molecular formula is C25H49N2O+. The lowest BCUT2D eigenvalue weighted by atomic mass is 10.1. The number of quaternary nitrogens is 1. The molecule has 1 rings (SSSR count). The zero-order chi connectivity index (χ0) is 20.3. The van der Waals surface area contributed by atoms with Crippen molar-refractivity contribution in [2.45, 2.75) is 116 Å². The summed E-state index contributed by atoms with van der Waals surface area (Å²) >= 11 is 0. The van der Waals surface area contributed by atoms with Crippen molar-refractivity contribution in [1.29, 1.82) is 0 Å². The molecule has 0 spiro atoms. The number of hydrogen-bond acceptors (Lipinski definition) is 2. The number of allylic oxidation sites excluding steroid dienone is 2. The topological polar surface area (TPSA) is 32.3 Å². The van der Waals surface area contributed by atoms with Gasteiger partial charge >= 0.3 is 0 Å². The fraction of sp³-hybridized carbons (Fsp3) is 0.840. The van der Waals surface area contributed by atoms with Gasteiger partial charge in [-0.1, -0.05) is 76.9 Å². The molecule has 0 radical (unpaired) electrons. The van der Waals surface area contributed by atoms with Gasteiger partial charge in [-0.05, 0) is 39.0 Å². The van der Waals surface area contributed by atoms with Crippen LogP contribution in [0, 0.1) is 0 Å². The lowest BCUT2D eigenvalue weighted by Crippen LogP contribution is -2.54. The predicted octanol–water partition coefficient (Wildman–Crippen LogP) is 6.64. The Bertz CT molecular complexity index is 407. The summed E-state index contributed by atoms with van der Waals surface area (Å²) in [6.07, 6.45) is 29.9. The molecule has 3 heteroatoms. The number of likely N-dealkylation sites (N-methyl/N-ethyl adjacent to an activating group) is 1. The first-order valence-electron chi connectivity index (χ1n) is 12.3. The molecule has 0 fully saturated rings. The van der Waals surface area contributed by atoms with Crippen LogP contribution in [-0.2, 0) is 0 Å². The van der Waals surface area contributed by atoms with Gasteiger partial charge in [0.05, 0.1) is 19.4 Å². The van der Waals surface area contributed by atoms with Gasteiger partial charge in [0, 0.05) is 6.42 Å². The Labute approximate surface area is 175 Å². The number of nitrogens with one attached hydrogen (secondary N) is 1. The highest BCUT2D eigenvalue weighted by Gasteiger charge is 2.35. The average molecular weight is 394 g/mol. The second-order valence-corrected chi connectivity index (χ2v) is 8.59. The summed E-state index contributed by atoms with van der Waals surface area (Å²) in [6.45, 7) is 6.65. The van der Waals surface area contributed by atoms with Crippen LogP contribution in [0.25, 0.3) is 0 Å². The molecular weight excluding hydrogens is 344 g/mol. The van der Waals surface area contributed by atoms with Gasteiger partial charge in [0.1, 0.15) is 12.7 Å². The van der Waals surface area contributed by atoms with Crippen LogP contribution in [0.5, 0.6) is 0 Å². The van der Waals surface area contributed by atoms with E-state index < -0.39 is 0 Å². The molecule has 1 aliphatic heterocycles. The largest absolute Gasteiger partial charge is 0.390 e. The molecule has 0 saturated heterocycles. The van der Waals surface area contributed by atoms with E-state index in [0.29, 0.717) is 6.17 Å². The summed E-state index contributed by atoms with van der Waals surface area (Å²) in [5.41, 5.74) is 0. The lowest BCUT2D eigenvalue weighted by Gasteiger charge is -2.36. The van der Waals surface area contributed by atoms with Crippen molar-refractivity contribution < 1.29 is 9.59 Å². The van der Waals surface area contributed by atoms with Crippen LogP contribution in [0.3, 0.4) is 0 Å². The first kappa shape index (κ1) is 25.2. The summed E-state index contributed by atoms with van der Waals surface area (Å²) in [5.74, 6) is 0. The SMILES string of the molecule is CCCCCCCCCCC/C=C/CCCCCC1NC=C[N+]1(CC)CCO. The van der Waals surface area contributed by atoms with E-state index in [1.807, 2.05) is 0 Å². The summed E-state index contributed by atoms with van der Waals surface area (Å²) in [7, 11) is 0. The standard InChI is InChI=1S/C25H49N2O/c1-3-5-6-7-8-9-10-11-12-13-14-15-16-17-18-19-20-25-26-21-22-27(25,4-2)23-24-28/h14-15,21-22,25-26,28H,3-13,16-20,23-24H2,1-2H3/q+1/b15-14+. The Morgan fingerprint density at radius 2 is 1.39 bits per heavy atom. The molecule has 2 N–H and O–H groups in total. The molecule has 2 atom stereocenters. The zero-order valence-corrected chi connectivity index (χ0v) is 19.0. The predicted molar refractivity (Wildman–Crippen MR) is 123 cm³/mol. The maximum atomic E-state index is 9.37. The summed E-state index contributed by atoms with van der Waals surface area (Å²) in [6, 6.07) is 0. The van der Waals surface area contributed by atoms with Crippen LogP contribution in [0.4, 0.5) is 0 Å². The van der Waals surface area contributed by atoms with Gasteiger partial charge in [-0.25, -0.2) is 0 Å². The van der Waals surface area contributed by atoms with Gasteiger partial charge in [-0.2, -0.15) is 0 Å². The van der Waals surface area contributed by atoms with Crippen molar-refractivity contribution in [1.82, 2.24) is 5.32 Å². The summed E-state index contributed by atoms with van der Waals surface area (Å²) < 4.78 is 0.898. The number of hydrogen-bond donors (Lipinski definition) is 2. The zero-order valence-electron chi connectivity index (χ0n) is 19.0. The second kappa shape index (κ2) is 17.1. The summed E-state index contributed by atoms with van der Waals surface area (Å²) in [5, 5.41) is 12.9. The molecule has 0 aromatic rings. The van der Waals surface area contributed by atoms with Crippen LogP contribution >= 0.6 is 0 Å². The molecule has 0 aromatic heterocycles. The van der Waals surface area contributed by atoms with Crippen molar-refractivity contribution >= 4 is 0 Å². The lowest BCUT2D eigenvalue weighted by molar-refractivity contribution is -0.900. The molecule has 164 valence electrons. The molecule has 0 bridgehead atoms. The van der Waals surface area contributed by atoms with Crippen molar-refractivity contribution in [3.8, 4) is 0 Å². The maximum absolute atomic E-state index is 9.37. The maximum Gasteiger partial charge on any atom is 0.166 e. The average Bonchev–Trinajstić information content (AvgIpc) is 3.11. The monoisotopic (exact) mass is 393 g/mol. The normalized spacial score (nSPS) is 21.6. The Balaban J connectivity index is 1.91. The number of nitrogens with zero attached hydrogens (tertiary/aromatic N) is 1. The van der Waals surface area contributed by atoms with E-state index in [9.17, 15) is 5.11 Å². The van der Waals surface area contributed by atoms with Crippen molar-refractivity contribution in [3.05, 3.63) is 24.6 Å². The Morgan fingerprint density at radius 3 is 1.96 bits per heavy atom. The van der Waals surface area contributed by atoms with Gasteiger partial charge in [0.25, 0.3) is 0 Å². The highest BCUT2D eigenvalue weighted by Crippen LogP contribution is 2.22. The third kappa shape index (κ3) is 10.7. The van der Waals surface area contributed by atoms with Gasteiger partial charge in [0.2, 0.25) is 0 Å². The molecule has 0 amide bonds. The van der Waals surface area contributed by atoms with Crippen molar-refractivity contribution in [2.75, 3.05) is 19.7 Å². The summed E-state index contributed by atoms with van der Waals surface area (Å²) in [4.78, 5) is 0. The van der Waals surface area contributed by atoms with Gasteiger partial charge < -0.3 is 10.4 Å². The second-order valence-electron chi connectivity index (χ2n) is 8.59. The van der Waals surface area contributed by atoms with E-state index in [0.717, 1.165) is 17.6 Å². The highest BCUT2D eigenvalue weighted by atomic mass is 16.3. The molecule has 0 aliphatic carbocycles. The smallest absolute Gasteiger partial charge is 0.166 e. The van der Waals surface area contributed by atoms with Crippen LogP contribution in [0.2, 0.25) is 0 Å². The van der Waals surface area contributed by atoms with Gasteiger partial charge in [0.15, 0.2) is 6.17 Å². The highest BCUT2D eigenvalue weighted by molar-refractivity contribution is 4.84. The fourth-order valence-corrected chi connectivity index (χ4v) is 4.38. The first-order valence-corrected chi connectivity index (χ1v) is 12.3. The van der Waals surface area contributed by atoms with E-state index in [-0.39, 0.29) is 6.61 Å². The van der Waals surface area contributed by atoms with Crippen LogP contribution in [0.1, 0.15) is 110 Å². The minimum absolute atomic E-state index is 0.264. The van der Waals surface area contributed by atoms with E-state index in [1.165, 1.54) is 96.3 Å². The van der Waals surface area contributed by atoms with Gasteiger partial charge in [-0.3, -0.25) is 4.48 Å². The fourth-order valence-electron chi connectivity index (χ4n) is 4.38. The first-order chi connectivity index (χ1) is 13.8. The third-order valence-electron chi connectivity index (χ3n) is 6.38. The minimum atomic E-state index is 0.264. The van der Waals surface area contributed by atoms with E-state index in [1.54, 1.807) is 0 Å². The Kier molecular flexibility index (Phi) is 15.4. The molecule has 3 nitrogen and oxygen atoms in total. The molecule has 0 saturated carbocycles. The molecule has 1 aliphatic rings. The van der Waals surface area contributed by atoms with Gasteiger partial charge in [-0.15, -0.1) is 0 Å². The van der Waals surface area contributed by atoms with E-state index >= 15 is 0 Å². The third-order valence-corrected chi connectivity index (χ3v) is 6.38. The Morgan fingerprint density at radius 1 is 0.821 bits per heavy atom. The minimum Gasteiger partial charge on any atom is -0.390 e. The number of unbranched alkanes of at least 4 members (excludes halogenated alkanes) is 12. The number of aliphatic hydroxyl groups excluding tert-OH is 1. The number of rotatable bonds is 19. The number of aliphatic hydroxyl groups is 1. The van der Waals surface area contributed by atoms with E-state index in [4.69, 9.17) is 0 Å². The molecule has 1 heterocycles. The van der Waals surface area contributed by atoms with Crippen LogP contribution in [0.15, 0.2) is 24.6 Å². The molecule has 28 heavy (non-hydrogen) atoms. The quantitative estimate of drug-likeness (QED) is 0.146. The Hall–Kier alpha value is -0.800.